The minimum atomic E-state index is -0.291. The third kappa shape index (κ3) is 5.63. The van der Waals surface area contributed by atoms with Crippen LogP contribution in [0.15, 0.2) is 87.5 Å². The van der Waals surface area contributed by atoms with Gasteiger partial charge in [0.05, 0.1) is 0 Å². The Morgan fingerprint density at radius 2 is 1.36 bits per heavy atom. The van der Waals surface area contributed by atoms with Crippen molar-refractivity contribution in [3.63, 3.8) is 0 Å². The maximum atomic E-state index is 12.9. The van der Waals surface area contributed by atoms with Crippen molar-refractivity contribution in [3.05, 3.63) is 89.7 Å². The molecule has 3 rings (SSSR count). The molecule has 3 aromatic rings. The van der Waals surface area contributed by atoms with Crippen LogP contribution in [-0.2, 0) is 19.0 Å². The zero-order valence-corrected chi connectivity index (χ0v) is 15.8. The Bertz CT molecular complexity index is 831. The van der Waals surface area contributed by atoms with E-state index >= 15 is 0 Å². The molecule has 0 heterocycles. The first kappa shape index (κ1) is 19.6. The summed E-state index contributed by atoms with van der Waals surface area (Å²) in [4.78, 5) is 15.6. The molecule has 3 aromatic carbocycles. The largest absolute Gasteiger partial charge is 1.00 e. The second-order valence-electron chi connectivity index (χ2n) is 5.38. The first-order chi connectivity index (χ1) is 11.6. The maximum Gasteiger partial charge on any atom is 0.167 e. The van der Waals surface area contributed by atoms with Crippen molar-refractivity contribution in [2.75, 3.05) is 0 Å². The van der Waals surface area contributed by atoms with Gasteiger partial charge >= 0.3 is 0 Å². The van der Waals surface area contributed by atoms with E-state index in [1.165, 1.54) is 12.1 Å². The summed E-state index contributed by atoms with van der Waals surface area (Å²) in [5, 5.41) is 0. The highest BCUT2D eigenvalue weighted by molar-refractivity contribution is 7.99. The normalized spacial score (nSPS) is 10.2. The predicted molar refractivity (Wildman–Crippen MR) is 99.9 cm³/mol. The number of carbonyl (C=O) groups excluding carboxylic acids is 1. The van der Waals surface area contributed by atoms with Gasteiger partial charge in [0.2, 0.25) is 0 Å². The Hall–Kier alpha value is -1.75. The molecule has 0 bridgehead atoms. The molecule has 0 amide bonds. The molecule has 0 fully saturated rings. The maximum absolute atomic E-state index is 12.9. The average Bonchev–Trinajstić information content (AvgIpc) is 2.59. The number of carbonyl (C=O) groups is 1. The van der Waals surface area contributed by atoms with Gasteiger partial charge in [-0.2, -0.15) is 0 Å². The van der Waals surface area contributed by atoms with Crippen LogP contribution in [0.25, 0.3) is 0 Å². The van der Waals surface area contributed by atoms with E-state index in [-0.39, 0.29) is 30.4 Å². The van der Waals surface area contributed by atoms with Crippen LogP contribution in [0.4, 0.5) is 4.39 Å². The van der Waals surface area contributed by atoms with Gasteiger partial charge in [0, 0.05) is 21.8 Å². The number of benzene rings is 3. The monoisotopic (exact) mass is 390 g/mol. The summed E-state index contributed by atoms with van der Waals surface area (Å²) in [5.41, 5.74) is 1.48. The molecule has 0 unspecified atom stereocenters. The molecule has 0 aromatic heterocycles. The fourth-order valence-electron chi connectivity index (χ4n) is 2.26. The predicted octanol–water partition coefficient (Wildman–Crippen LogP) is 1.78. The van der Waals surface area contributed by atoms with E-state index in [2.05, 4.69) is 12.6 Å². The number of Topliss-reactive ketones (excluding diaryl/α,β-unsaturated/α-hetero) is 1. The number of ketones is 1. The molecule has 0 saturated carbocycles. The van der Waals surface area contributed by atoms with Crippen molar-refractivity contribution >= 4 is 30.2 Å². The van der Waals surface area contributed by atoms with Crippen molar-refractivity contribution in [3.8, 4) is 0 Å². The molecule has 1 nitrogen and oxygen atoms in total. The Balaban J connectivity index is 0.00000225. The third-order valence-corrected chi connectivity index (χ3v) is 4.89. The quantitative estimate of drug-likeness (QED) is 0.488. The standard InChI is InChI=1S/C20H15FOS2.ClH/c21-16-5-1-14(2-6-16)13-20(22)15-3-9-18(10-4-15)24-19-11-7-17(23)8-12-19;/h1-12,23H,13H2;1H. The average molecular weight is 391 g/mol. The van der Waals surface area contributed by atoms with E-state index in [1.54, 1.807) is 23.9 Å². The Labute approximate surface area is 162 Å². The molecule has 25 heavy (non-hydrogen) atoms. The summed E-state index contributed by atoms with van der Waals surface area (Å²) < 4.78 is 12.9. The zero-order chi connectivity index (χ0) is 16.9. The molecule has 0 saturated heterocycles. The third-order valence-electron chi connectivity index (χ3n) is 3.54. The Morgan fingerprint density at radius 3 is 1.92 bits per heavy atom. The zero-order valence-electron chi connectivity index (χ0n) is 13.2. The molecular weight excluding hydrogens is 375 g/mol. The van der Waals surface area contributed by atoms with Crippen LogP contribution in [0, 0.1) is 5.82 Å². The van der Waals surface area contributed by atoms with Gasteiger partial charge in [0.15, 0.2) is 5.78 Å². The highest BCUT2D eigenvalue weighted by Crippen LogP contribution is 2.28. The van der Waals surface area contributed by atoms with Crippen molar-refractivity contribution in [2.24, 2.45) is 0 Å². The lowest BCUT2D eigenvalue weighted by atomic mass is 10.0. The molecule has 0 radical (unpaired) electrons. The lowest BCUT2D eigenvalue weighted by Gasteiger charge is -2.04. The molecular formula is C20H16ClFOS2. The van der Waals surface area contributed by atoms with Gasteiger partial charge in [-0.15, -0.1) is 0 Å². The first-order valence-electron chi connectivity index (χ1n) is 7.47. The van der Waals surface area contributed by atoms with Crippen molar-refractivity contribution in [1.29, 1.82) is 0 Å². The van der Waals surface area contributed by atoms with Crippen LogP contribution in [-0.4, -0.2) is 5.78 Å². The Kier molecular flexibility index (Phi) is 7.12. The summed E-state index contributed by atoms with van der Waals surface area (Å²) in [7, 11) is 0. The second kappa shape index (κ2) is 9.09. The summed E-state index contributed by atoms with van der Waals surface area (Å²) >= 11 is 5.12. The van der Waals surface area contributed by atoms with E-state index in [0.717, 1.165) is 20.2 Å². The minimum absolute atomic E-state index is 0. The van der Waals surface area contributed by atoms with Gasteiger partial charge in [0.1, 0.15) is 10.7 Å². The van der Waals surface area contributed by atoms with Gasteiger partial charge in [0.25, 0.3) is 0 Å². The molecule has 0 aliphatic carbocycles. The van der Waals surface area contributed by atoms with Gasteiger partial charge in [-0.3, -0.25) is 4.79 Å². The lowest BCUT2D eigenvalue weighted by molar-refractivity contribution is -0.0000132. The van der Waals surface area contributed by atoms with Crippen LogP contribution in [0.3, 0.4) is 0 Å². The van der Waals surface area contributed by atoms with E-state index in [0.29, 0.717) is 5.56 Å². The fourth-order valence-corrected chi connectivity index (χ4v) is 3.24. The number of hydrogen-bond acceptors (Lipinski definition) is 2. The molecule has 0 N–H and O–H groups in total. The van der Waals surface area contributed by atoms with Crippen LogP contribution in [0.2, 0.25) is 0 Å². The van der Waals surface area contributed by atoms with Gasteiger partial charge in [-0.1, -0.05) is 36.0 Å². The highest BCUT2D eigenvalue weighted by Gasteiger charge is 2.08. The minimum Gasteiger partial charge on any atom is -1.00 e. The smallest absolute Gasteiger partial charge is 0.167 e. The topological polar surface area (TPSA) is 17.1 Å². The Morgan fingerprint density at radius 1 is 0.840 bits per heavy atom. The molecule has 128 valence electrons. The number of hydrogen-bond donors (Lipinski definition) is 0. The summed E-state index contributed by atoms with van der Waals surface area (Å²) in [6.07, 6.45) is 0.277. The summed E-state index contributed by atoms with van der Waals surface area (Å²) in [5.74, 6) is -0.262. The SMILES string of the molecule is O=C(Cc1ccc(F)cc1)c1ccc(Sc2ccc([SH2+])cc2)cc1.[Cl-]. The first-order valence-corrected chi connectivity index (χ1v) is 8.79. The van der Waals surface area contributed by atoms with Crippen LogP contribution >= 0.6 is 11.8 Å². The van der Waals surface area contributed by atoms with E-state index in [9.17, 15) is 9.18 Å². The second-order valence-corrected chi connectivity index (χ2v) is 7.10. The molecule has 0 atom stereocenters. The van der Waals surface area contributed by atoms with Gasteiger partial charge in [-0.05, 0) is 66.7 Å². The molecule has 0 aliphatic rings. The lowest BCUT2D eigenvalue weighted by Crippen LogP contribution is -3.00. The summed E-state index contributed by atoms with van der Waals surface area (Å²) in [6, 6.07) is 21.7. The summed E-state index contributed by atoms with van der Waals surface area (Å²) in [6.45, 7) is 0. The number of halogens is 2. The van der Waals surface area contributed by atoms with Gasteiger partial charge in [-0.25, -0.2) is 4.39 Å². The molecule has 0 aliphatic heterocycles. The fraction of sp³-hybridized carbons (Fsp3) is 0.0500. The number of rotatable bonds is 5. The van der Waals surface area contributed by atoms with Crippen LogP contribution in [0.5, 0.6) is 0 Å². The van der Waals surface area contributed by atoms with E-state index < -0.39 is 0 Å². The molecule has 0 spiro atoms. The van der Waals surface area contributed by atoms with E-state index in [4.69, 9.17) is 0 Å². The van der Waals surface area contributed by atoms with Crippen molar-refractivity contribution in [1.82, 2.24) is 0 Å². The molecule has 5 heteroatoms. The highest BCUT2D eigenvalue weighted by atomic mass is 35.5. The van der Waals surface area contributed by atoms with Crippen LogP contribution in [0.1, 0.15) is 15.9 Å². The van der Waals surface area contributed by atoms with Crippen LogP contribution < -0.4 is 12.4 Å². The van der Waals surface area contributed by atoms with E-state index in [1.807, 2.05) is 48.5 Å². The van der Waals surface area contributed by atoms with Gasteiger partial charge < -0.3 is 12.4 Å². The van der Waals surface area contributed by atoms with Crippen molar-refractivity contribution in [2.45, 2.75) is 21.1 Å². The van der Waals surface area contributed by atoms with Crippen molar-refractivity contribution < 1.29 is 21.6 Å².